The predicted molar refractivity (Wildman–Crippen MR) is 135 cm³/mol. The zero-order valence-electron chi connectivity index (χ0n) is 19.7. The first-order valence-electron chi connectivity index (χ1n) is 11.1. The lowest BCUT2D eigenvalue weighted by Gasteiger charge is -2.11. The number of carbonyl (C=O) groups excluding carboxylic acids is 2. The Kier molecular flexibility index (Phi) is 7.07. The number of amides is 1. The van der Waals surface area contributed by atoms with Gasteiger partial charge >= 0.3 is 6.18 Å². The van der Waals surface area contributed by atoms with Crippen LogP contribution in [0.1, 0.15) is 51.3 Å². The number of hydrogen-bond donors (Lipinski definition) is 2. The van der Waals surface area contributed by atoms with Crippen molar-refractivity contribution in [3.8, 4) is 0 Å². The predicted octanol–water partition coefficient (Wildman–Crippen LogP) is 6.52. The van der Waals surface area contributed by atoms with Crippen LogP contribution in [0, 0.1) is 6.92 Å². The van der Waals surface area contributed by atoms with E-state index in [2.05, 4.69) is 20.6 Å². The molecule has 0 unspecified atom stereocenters. The highest BCUT2D eigenvalue weighted by Crippen LogP contribution is 2.31. The van der Waals surface area contributed by atoms with E-state index in [1.54, 1.807) is 30.5 Å². The van der Waals surface area contributed by atoms with Crippen LogP contribution >= 0.6 is 11.3 Å². The largest absolute Gasteiger partial charge is 0.416 e. The molecule has 2 heterocycles. The second-order valence-electron chi connectivity index (χ2n) is 8.63. The molecule has 36 heavy (non-hydrogen) atoms. The van der Waals surface area contributed by atoms with Crippen molar-refractivity contribution in [2.75, 3.05) is 10.6 Å². The Morgan fingerprint density at radius 1 is 1.08 bits per heavy atom. The number of ketones is 1. The molecule has 186 valence electrons. The molecule has 0 saturated carbocycles. The number of Topliss-reactive ketones (excluding diaryl/α,β-unsaturated/α-hetero) is 1. The van der Waals surface area contributed by atoms with E-state index in [-0.39, 0.29) is 35.3 Å². The third kappa shape index (κ3) is 5.54. The molecule has 10 heteroatoms. The summed E-state index contributed by atoms with van der Waals surface area (Å²) in [7, 11) is 0. The average molecular weight is 513 g/mol. The van der Waals surface area contributed by atoms with Crippen LogP contribution in [0.25, 0.3) is 10.2 Å². The number of aryl methyl sites for hydroxylation is 1. The maximum absolute atomic E-state index is 13.1. The number of aromatic nitrogens is 2. The lowest BCUT2D eigenvalue weighted by molar-refractivity contribution is -0.137. The molecule has 2 aromatic heterocycles. The molecule has 0 bridgehead atoms. The summed E-state index contributed by atoms with van der Waals surface area (Å²) in [6, 6.07) is 9.68. The quantitative estimate of drug-likeness (QED) is 0.276. The van der Waals surface area contributed by atoms with Crippen molar-refractivity contribution in [2.45, 2.75) is 39.4 Å². The third-order valence-corrected chi connectivity index (χ3v) is 6.43. The van der Waals surface area contributed by atoms with Crippen molar-refractivity contribution in [3.63, 3.8) is 0 Å². The van der Waals surface area contributed by atoms with Crippen LogP contribution < -0.4 is 10.6 Å². The Hall–Kier alpha value is -3.79. The fraction of sp³-hybridized carbons (Fsp3) is 0.231. The molecule has 0 radical (unpaired) electrons. The molecule has 0 aliphatic rings. The SMILES string of the molecule is Cc1ccc(C(=O)Cc2cccc(C(F)(F)F)c2)cc1NC(=O)c1csc2c(NC(C)C)ncnc12. The molecule has 1 amide bonds. The lowest BCUT2D eigenvalue weighted by Crippen LogP contribution is -2.14. The third-order valence-electron chi connectivity index (χ3n) is 5.45. The second kappa shape index (κ2) is 10.1. The summed E-state index contributed by atoms with van der Waals surface area (Å²) in [5.74, 6) is -0.0959. The Morgan fingerprint density at radius 3 is 2.58 bits per heavy atom. The normalized spacial score (nSPS) is 11.6. The molecular weight excluding hydrogens is 489 g/mol. The first kappa shape index (κ1) is 25.3. The molecular formula is C26H23F3N4O2S. The van der Waals surface area contributed by atoms with Crippen LogP contribution in [-0.2, 0) is 12.6 Å². The van der Waals surface area contributed by atoms with Crippen LogP contribution in [0.15, 0.2) is 54.2 Å². The maximum Gasteiger partial charge on any atom is 0.416 e. The van der Waals surface area contributed by atoms with E-state index in [0.29, 0.717) is 22.6 Å². The molecule has 4 rings (SSSR count). The van der Waals surface area contributed by atoms with E-state index in [1.807, 2.05) is 13.8 Å². The van der Waals surface area contributed by atoms with Crippen LogP contribution in [0.4, 0.5) is 24.7 Å². The van der Waals surface area contributed by atoms with Crippen molar-refractivity contribution >= 4 is 44.7 Å². The van der Waals surface area contributed by atoms with Gasteiger partial charge in [-0.2, -0.15) is 13.2 Å². The van der Waals surface area contributed by atoms with Crippen molar-refractivity contribution in [1.82, 2.24) is 9.97 Å². The molecule has 0 fully saturated rings. The molecule has 0 aliphatic heterocycles. The highest BCUT2D eigenvalue weighted by Gasteiger charge is 2.30. The van der Waals surface area contributed by atoms with Crippen LogP contribution in [0.2, 0.25) is 0 Å². The number of anilines is 2. The summed E-state index contributed by atoms with van der Waals surface area (Å²) in [5.41, 5.74) is 1.81. The topological polar surface area (TPSA) is 84.0 Å². The first-order valence-corrected chi connectivity index (χ1v) is 12.0. The number of benzene rings is 2. The molecule has 0 spiro atoms. The Bertz CT molecular complexity index is 1450. The van der Waals surface area contributed by atoms with E-state index >= 15 is 0 Å². The summed E-state index contributed by atoms with van der Waals surface area (Å²) in [5, 5.41) is 7.78. The first-order chi connectivity index (χ1) is 17.0. The van der Waals surface area contributed by atoms with E-state index in [4.69, 9.17) is 0 Å². The number of nitrogens with one attached hydrogen (secondary N) is 2. The fourth-order valence-electron chi connectivity index (χ4n) is 3.65. The van der Waals surface area contributed by atoms with Gasteiger partial charge in [0.25, 0.3) is 5.91 Å². The highest BCUT2D eigenvalue weighted by molar-refractivity contribution is 7.18. The molecule has 2 aromatic carbocycles. The van der Waals surface area contributed by atoms with Gasteiger partial charge in [-0.3, -0.25) is 9.59 Å². The maximum atomic E-state index is 13.1. The van der Waals surface area contributed by atoms with Gasteiger partial charge in [0, 0.05) is 29.1 Å². The van der Waals surface area contributed by atoms with Crippen LogP contribution in [0.5, 0.6) is 0 Å². The van der Waals surface area contributed by atoms with Crippen LogP contribution in [-0.4, -0.2) is 27.7 Å². The molecule has 6 nitrogen and oxygen atoms in total. The van der Waals surface area contributed by atoms with Gasteiger partial charge in [-0.1, -0.05) is 30.3 Å². The number of nitrogens with zero attached hydrogens (tertiary/aromatic N) is 2. The zero-order valence-corrected chi connectivity index (χ0v) is 20.6. The van der Waals surface area contributed by atoms with E-state index in [1.165, 1.54) is 29.8 Å². The number of thiophene rings is 1. The Morgan fingerprint density at radius 2 is 1.86 bits per heavy atom. The van der Waals surface area contributed by atoms with Crippen molar-refractivity contribution in [2.24, 2.45) is 0 Å². The molecule has 0 aliphatic carbocycles. The Labute approximate surface area is 209 Å². The van der Waals surface area contributed by atoms with Crippen molar-refractivity contribution in [3.05, 3.63) is 82.0 Å². The van der Waals surface area contributed by atoms with Gasteiger partial charge < -0.3 is 10.6 Å². The summed E-state index contributed by atoms with van der Waals surface area (Å²) in [4.78, 5) is 34.5. The number of fused-ring (bicyclic) bond motifs is 1. The summed E-state index contributed by atoms with van der Waals surface area (Å²) in [6.45, 7) is 5.76. The zero-order chi connectivity index (χ0) is 26.0. The molecule has 0 atom stereocenters. The number of carbonyl (C=O) groups is 2. The van der Waals surface area contributed by atoms with Gasteiger partial charge in [0.05, 0.1) is 21.3 Å². The van der Waals surface area contributed by atoms with Gasteiger partial charge in [-0.15, -0.1) is 11.3 Å². The molecule has 4 aromatic rings. The van der Waals surface area contributed by atoms with Gasteiger partial charge in [-0.05, 0) is 44.0 Å². The smallest absolute Gasteiger partial charge is 0.367 e. The summed E-state index contributed by atoms with van der Waals surface area (Å²) >= 11 is 1.36. The highest BCUT2D eigenvalue weighted by atomic mass is 32.1. The minimum atomic E-state index is -4.48. The average Bonchev–Trinajstić information content (AvgIpc) is 3.25. The van der Waals surface area contributed by atoms with E-state index in [9.17, 15) is 22.8 Å². The molecule has 0 saturated heterocycles. The Balaban J connectivity index is 1.55. The summed E-state index contributed by atoms with van der Waals surface area (Å²) < 4.78 is 39.8. The van der Waals surface area contributed by atoms with Gasteiger partial charge in [0.1, 0.15) is 12.1 Å². The minimum absolute atomic E-state index is 0.154. The van der Waals surface area contributed by atoms with Gasteiger partial charge in [0.2, 0.25) is 0 Å². The van der Waals surface area contributed by atoms with Crippen LogP contribution in [0.3, 0.4) is 0 Å². The van der Waals surface area contributed by atoms with Gasteiger partial charge in [-0.25, -0.2) is 9.97 Å². The summed E-state index contributed by atoms with van der Waals surface area (Å²) in [6.07, 6.45) is -3.28. The van der Waals surface area contributed by atoms with Gasteiger partial charge in [0.15, 0.2) is 5.78 Å². The number of alkyl halides is 3. The molecule has 2 N–H and O–H groups in total. The number of halogens is 3. The van der Waals surface area contributed by atoms with Crippen molar-refractivity contribution < 1.29 is 22.8 Å². The monoisotopic (exact) mass is 512 g/mol. The number of rotatable bonds is 7. The fourth-order valence-corrected chi connectivity index (χ4v) is 4.60. The number of hydrogen-bond acceptors (Lipinski definition) is 6. The van der Waals surface area contributed by atoms with Crippen molar-refractivity contribution in [1.29, 1.82) is 0 Å². The second-order valence-corrected chi connectivity index (χ2v) is 9.51. The van der Waals surface area contributed by atoms with E-state index in [0.717, 1.165) is 22.4 Å². The lowest BCUT2D eigenvalue weighted by atomic mass is 9.99. The van der Waals surface area contributed by atoms with E-state index < -0.39 is 11.7 Å². The standard InChI is InChI=1S/C26H23F3N4O2S/c1-14(2)32-24-23-22(30-13-31-24)19(12-36-23)25(35)33-20-11-17(8-7-15(20)3)21(34)10-16-5-4-6-18(9-16)26(27,28)29/h4-9,11-14H,10H2,1-3H3,(H,33,35)(H,30,31,32). The minimum Gasteiger partial charge on any atom is -0.367 e.